The minimum Gasteiger partial charge on any atom is -0.345 e. The highest BCUT2D eigenvalue weighted by molar-refractivity contribution is 5.97. The summed E-state index contributed by atoms with van der Waals surface area (Å²) in [6.45, 7) is 2.87. The lowest BCUT2D eigenvalue weighted by molar-refractivity contribution is -0.117. The van der Waals surface area contributed by atoms with Crippen LogP contribution in [-0.4, -0.2) is 18.4 Å². The first-order chi connectivity index (χ1) is 13.7. The predicted octanol–water partition coefficient (Wildman–Crippen LogP) is 4.57. The van der Waals surface area contributed by atoms with Crippen LogP contribution in [-0.2, 0) is 17.6 Å². The summed E-state index contributed by atoms with van der Waals surface area (Å²) in [5, 5.41) is 3.18. The number of carbonyl (C=O) groups excluding carboxylic acids is 2. The summed E-state index contributed by atoms with van der Waals surface area (Å²) in [7, 11) is 0. The quantitative estimate of drug-likeness (QED) is 0.831. The molecular weight excluding hydrogens is 348 g/mol. The summed E-state index contributed by atoms with van der Waals surface area (Å²) < 4.78 is 0. The van der Waals surface area contributed by atoms with Gasteiger partial charge < -0.3 is 10.2 Å². The molecule has 2 aromatic rings. The van der Waals surface area contributed by atoms with Crippen LogP contribution in [0.2, 0.25) is 0 Å². The Kier molecular flexibility index (Phi) is 5.47. The lowest BCUT2D eigenvalue weighted by Crippen LogP contribution is -2.28. The van der Waals surface area contributed by atoms with Gasteiger partial charge in [-0.3, -0.25) is 9.59 Å². The topological polar surface area (TPSA) is 49.4 Å². The Morgan fingerprint density at radius 3 is 2.43 bits per heavy atom. The van der Waals surface area contributed by atoms with Gasteiger partial charge in [-0.15, -0.1) is 0 Å². The van der Waals surface area contributed by atoms with Gasteiger partial charge in [0, 0.05) is 24.2 Å². The SMILES string of the molecule is CC[C@H](NC(=O)c1ccc(N2CCCC2=O)cc1)c1ccc2c(c1)CCCC2. The van der Waals surface area contributed by atoms with E-state index in [9.17, 15) is 9.59 Å². The van der Waals surface area contributed by atoms with Crippen LogP contribution in [0.25, 0.3) is 0 Å². The molecule has 1 aliphatic carbocycles. The van der Waals surface area contributed by atoms with Crippen LogP contribution in [0.4, 0.5) is 5.69 Å². The van der Waals surface area contributed by atoms with Crippen molar-refractivity contribution in [2.75, 3.05) is 11.4 Å². The molecular formula is C24H28N2O2. The van der Waals surface area contributed by atoms with E-state index >= 15 is 0 Å². The van der Waals surface area contributed by atoms with E-state index in [1.165, 1.54) is 36.0 Å². The van der Waals surface area contributed by atoms with E-state index in [1.54, 1.807) is 4.90 Å². The molecule has 0 spiro atoms. The van der Waals surface area contributed by atoms with E-state index in [1.807, 2.05) is 24.3 Å². The Balaban J connectivity index is 1.46. The van der Waals surface area contributed by atoms with E-state index in [2.05, 4.69) is 30.4 Å². The van der Waals surface area contributed by atoms with Crippen molar-refractivity contribution in [3.05, 3.63) is 64.7 Å². The number of hydrogen-bond donors (Lipinski definition) is 1. The van der Waals surface area contributed by atoms with E-state index in [0.29, 0.717) is 12.0 Å². The first-order valence-electron chi connectivity index (χ1n) is 10.5. The molecule has 1 atom stereocenters. The minimum atomic E-state index is -0.0659. The van der Waals surface area contributed by atoms with Crippen LogP contribution in [0, 0.1) is 0 Å². The molecule has 1 heterocycles. The van der Waals surface area contributed by atoms with Crippen LogP contribution in [0.1, 0.15) is 72.1 Å². The van der Waals surface area contributed by atoms with Crippen molar-refractivity contribution in [1.29, 1.82) is 0 Å². The van der Waals surface area contributed by atoms with Crippen LogP contribution in [0.5, 0.6) is 0 Å². The molecule has 4 nitrogen and oxygen atoms in total. The highest BCUT2D eigenvalue weighted by Crippen LogP contribution is 2.27. The minimum absolute atomic E-state index is 0.0135. The molecule has 1 aliphatic heterocycles. The maximum absolute atomic E-state index is 12.8. The van der Waals surface area contributed by atoms with Gasteiger partial charge in [-0.2, -0.15) is 0 Å². The fourth-order valence-electron chi connectivity index (χ4n) is 4.35. The lowest BCUT2D eigenvalue weighted by Gasteiger charge is -2.22. The van der Waals surface area contributed by atoms with E-state index in [0.717, 1.165) is 31.5 Å². The Morgan fingerprint density at radius 2 is 1.75 bits per heavy atom. The second kappa shape index (κ2) is 8.17. The van der Waals surface area contributed by atoms with Gasteiger partial charge in [-0.25, -0.2) is 0 Å². The summed E-state index contributed by atoms with van der Waals surface area (Å²) in [6, 6.07) is 14.1. The summed E-state index contributed by atoms with van der Waals surface area (Å²) in [4.78, 5) is 26.5. The van der Waals surface area contributed by atoms with Crippen LogP contribution < -0.4 is 10.2 Å². The monoisotopic (exact) mass is 376 g/mol. The molecule has 2 aliphatic rings. The zero-order valence-corrected chi connectivity index (χ0v) is 16.5. The third-order valence-electron chi connectivity index (χ3n) is 6.00. The van der Waals surface area contributed by atoms with Gasteiger partial charge in [0.15, 0.2) is 0 Å². The molecule has 1 saturated heterocycles. The summed E-state index contributed by atoms with van der Waals surface area (Å²) in [6.07, 6.45) is 7.21. The number of nitrogens with one attached hydrogen (secondary N) is 1. The summed E-state index contributed by atoms with van der Waals surface area (Å²) >= 11 is 0. The molecule has 0 saturated carbocycles. The molecule has 146 valence electrons. The Labute approximate surface area is 166 Å². The molecule has 4 rings (SSSR count). The Morgan fingerprint density at radius 1 is 1.00 bits per heavy atom. The Hall–Kier alpha value is -2.62. The van der Waals surface area contributed by atoms with Gasteiger partial charge in [0.25, 0.3) is 5.91 Å². The van der Waals surface area contributed by atoms with Crippen LogP contribution in [0.3, 0.4) is 0 Å². The van der Waals surface area contributed by atoms with Gasteiger partial charge in [0.2, 0.25) is 5.91 Å². The maximum Gasteiger partial charge on any atom is 0.251 e. The van der Waals surface area contributed by atoms with Crippen molar-refractivity contribution in [3.63, 3.8) is 0 Å². The third-order valence-corrected chi connectivity index (χ3v) is 6.00. The normalized spacial score (nSPS) is 17.3. The first-order valence-corrected chi connectivity index (χ1v) is 10.5. The second-order valence-corrected chi connectivity index (χ2v) is 7.87. The van der Waals surface area contributed by atoms with E-state index < -0.39 is 0 Å². The summed E-state index contributed by atoms with van der Waals surface area (Å²) in [5.41, 5.74) is 5.60. The van der Waals surface area contributed by atoms with Crippen molar-refractivity contribution in [3.8, 4) is 0 Å². The number of carbonyl (C=O) groups is 2. The fraction of sp³-hybridized carbons (Fsp3) is 0.417. The van der Waals surface area contributed by atoms with Crippen molar-refractivity contribution >= 4 is 17.5 Å². The highest BCUT2D eigenvalue weighted by atomic mass is 16.2. The van der Waals surface area contributed by atoms with Crippen molar-refractivity contribution in [1.82, 2.24) is 5.32 Å². The molecule has 2 aromatic carbocycles. The number of nitrogens with zero attached hydrogens (tertiary/aromatic N) is 1. The molecule has 0 radical (unpaired) electrons. The van der Waals surface area contributed by atoms with Gasteiger partial charge in [0.05, 0.1) is 6.04 Å². The van der Waals surface area contributed by atoms with Crippen molar-refractivity contribution < 1.29 is 9.59 Å². The number of fused-ring (bicyclic) bond motifs is 1. The number of anilines is 1. The predicted molar refractivity (Wildman–Crippen MR) is 112 cm³/mol. The standard InChI is InChI=1S/C24H28N2O2/c1-2-22(20-10-9-17-6-3-4-7-19(17)16-20)25-24(28)18-11-13-21(14-12-18)26-15-5-8-23(26)27/h9-14,16,22H,2-8,15H2,1H3,(H,25,28)/t22-/m0/s1. The molecule has 28 heavy (non-hydrogen) atoms. The van der Waals surface area contributed by atoms with Crippen molar-refractivity contribution in [2.45, 2.75) is 57.9 Å². The van der Waals surface area contributed by atoms with Gasteiger partial charge in [-0.1, -0.05) is 25.1 Å². The number of aryl methyl sites for hydroxylation is 2. The molecule has 2 amide bonds. The van der Waals surface area contributed by atoms with Crippen LogP contribution >= 0.6 is 0 Å². The highest BCUT2D eigenvalue weighted by Gasteiger charge is 2.22. The fourth-order valence-corrected chi connectivity index (χ4v) is 4.35. The second-order valence-electron chi connectivity index (χ2n) is 7.87. The summed E-state index contributed by atoms with van der Waals surface area (Å²) in [5.74, 6) is 0.0968. The third kappa shape index (κ3) is 3.82. The first kappa shape index (κ1) is 18.7. The molecule has 0 bridgehead atoms. The van der Waals surface area contributed by atoms with Crippen molar-refractivity contribution in [2.24, 2.45) is 0 Å². The number of hydrogen-bond acceptors (Lipinski definition) is 2. The zero-order chi connectivity index (χ0) is 19.5. The Bertz CT molecular complexity index is 873. The molecule has 0 unspecified atom stereocenters. The van der Waals surface area contributed by atoms with Gasteiger partial charge in [0.1, 0.15) is 0 Å². The lowest BCUT2D eigenvalue weighted by atomic mass is 9.88. The molecule has 4 heteroatoms. The molecule has 1 fully saturated rings. The average molecular weight is 377 g/mol. The largest absolute Gasteiger partial charge is 0.345 e. The average Bonchev–Trinajstić information content (AvgIpc) is 3.17. The van der Waals surface area contributed by atoms with E-state index in [-0.39, 0.29) is 17.9 Å². The maximum atomic E-state index is 12.8. The van der Waals surface area contributed by atoms with Crippen LogP contribution in [0.15, 0.2) is 42.5 Å². The van der Waals surface area contributed by atoms with E-state index in [4.69, 9.17) is 0 Å². The molecule has 1 N–H and O–H groups in total. The number of amides is 2. The van der Waals surface area contributed by atoms with Gasteiger partial charge in [-0.05, 0) is 79.5 Å². The number of benzene rings is 2. The number of rotatable bonds is 5. The zero-order valence-electron chi connectivity index (χ0n) is 16.5. The smallest absolute Gasteiger partial charge is 0.251 e. The van der Waals surface area contributed by atoms with Gasteiger partial charge >= 0.3 is 0 Å². The molecule has 0 aromatic heterocycles.